The van der Waals surface area contributed by atoms with Gasteiger partial charge in [0.15, 0.2) is 0 Å². The highest BCUT2D eigenvalue weighted by atomic mass is 79.9. The molecule has 0 spiro atoms. The third kappa shape index (κ3) is 4.66. The summed E-state index contributed by atoms with van der Waals surface area (Å²) in [6.45, 7) is 7.08. The van der Waals surface area contributed by atoms with Crippen LogP contribution in [0.2, 0.25) is 0 Å². The average molecular weight is 285 g/mol. The zero-order valence-electron chi connectivity index (χ0n) is 9.58. The minimum absolute atomic E-state index is 0.455. The van der Waals surface area contributed by atoms with Crippen LogP contribution < -0.4 is 5.32 Å². The van der Waals surface area contributed by atoms with Crippen LogP contribution in [0.15, 0.2) is 28.7 Å². The first-order valence-corrected chi connectivity index (χ1v) is 5.75. The van der Waals surface area contributed by atoms with Gasteiger partial charge in [-0.25, -0.2) is 4.79 Å². The van der Waals surface area contributed by atoms with Crippen LogP contribution >= 0.6 is 15.9 Å². The highest BCUT2D eigenvalue weighted by molar-refractivity contribution is 9.10. The van der Waals surface area contributed by atoms with Crippen molar-refractivity contribution in [1.29, 1.82) is 0 Å². The first kappa shape index (κ1) is 13.0. The second-order valence-corrected chi connectivity index (χ2v) is 5.17. The SMILES string of the molecule is CC(C)(C)OC(=O)N[CH]c1ccccc1Br. The number of nitrogens with one attached hydrogen (secondary N) is 1. The highest BCUT2D eigenvalue weighted by Gasteiger charge is 2.15. The number of carbonyl (C=O) groups excluding carboxylic acids is 1. The van der Waals surface area contributed by atoms with Gasteiger partial charge < -0.3 is 10.1 Å². The molecule has 1 aromatic carbocycles. The number of rotatable bonds is 2. The number of benzene rings is 1. The van der Waals surface area contributed by atoms with E-state index in [9.17, 15) is 4.79 Å². The molecule has 0 heterocycles. The fourth-order valence-electron chi connectivity index (χ4n) is 1.04. The number of hydrogen-bond acceptors (Lipinski definition) is 2. The van der Waals surface area contributed by atoms with Crippen molar-refractivity contribution >= 4 is 22.0 Å². The molecule has 0 saturated carbocycles. The van der Waals surface area contributed by atoms with Crippen LogP contribution in [0.5, 0.6) is 0 Å². The molecule has 87 valence electrons. The van der Waals surface area contributed by atoms with Gasteiger partial charge in [0, 0.05) is 4.47 Å². The highest BCUT2D eigenvalue weighted by Crippen LogP contribution is 2.16. The number of carbonyl (C=O) groups is 1. The van der Waals surface area contributed by atoms with Gasteiger partial charge in [-0.15, -0.1) is 0 Å². The molecule has 0 bridgehead atoms. The molecule has 1 N–H and O–H groups in total. The summed E-state index contributed by atoms with van der Waals surface area (Å²) in [6, 6.07) is 7.60. The summed E-state index contributed by atoms with van der Waals surface area (Å²) >= 11 is 3.38. The molecular weight excluding hydrogens is 270 g/mol. The van der Waals surface area contributed by atoms with Crippen molar-refractivity contribution in [2.24, 2.45) is 0 Å². The second kappa shape index (κ2) is 5.34. The Hall–Kier alpha value is -1.03. The third-order valence-electron chi connectivity index (χ3n) is 1.65. The predicted octanol–water partition coefficient (Wildman–Crippen LogP) is 3.48. The Kier molecular flexibility index (Phi) is 4.35. The Labute approximate surface area is 104 Å². The van der Waals surface area contributed by atoms with E-state index in [0.29, 0.717) is 0 Å². The fraction of sp³-hybridized carbons (Fsp3) is 0.333. The van der Waals surface area contributed by atoms with Crippen molar-refractivity contribution in [2.75, 3.05) is 0 Å². The maximum atomic E-state index is 11.4. The minimum atomic E-state index is -0.480. The van der Waals surface area contributed by atoms with Crippen molar-refractivity contribution in [1.82, 2.24) is 5.32 Å². The van der Waals surface area contributed by atoms with E-state index in [2.05, 4.69) is 21.2 Å². The monoisotopic (exact) mass is 284 g/mol. The molecular formula is C12H15BrNO2. The molecule has 0 aliphatic rings. The van der Waals surface area contributed by atoms with E-state index < -0.39 is 11.7 Å². The van der Waals surface area contributed by atoms with Crippen LogP contribution in [0, 0.1) is 6.54 Å². The molecule has 1 aromatic rings. The Morgan fingerprint density at radius 2 is 2.00 bits per heavy atom. The smallest absolute Gasteiger partial charge is 0.408 e. The lowest BCUT2D eigenvalue weighted by Gasteiger charge is -2.19. The standard InChI is InChI=1S/C12H15BrNO2/c1-12(2,3)16-11(15)14-8-9-6-4-5-7-10(9)13/h4-8H,1-3H3,(H,14,15). The lowest BCUT2D eigenvalue weighted by atomic mass is 10.2. The summed E-state index contributed by atoms with van der Waals surface area (Å²) in [7, 11) is 0. The lowest BCUT2D eigenvalue weighted by molar-refractivity contribution is 0.0545. The molecule has 1 radical (unpaired) electrons. The molecule has 0 fully saturated rings. The van der Waals surface area contributed by atoms with Crippen molar-refractivity contribution in [2.45, 2.75) is 26.4 Å². The molecule has 0 aliphatic carbocycles. The van der Waals surface area contributed by atoms with E-state index in [1.807, 2.05) is 45.0 Å². The minimum Gasteiger partial charge on any atom is -0.444 e. The van der Waals surface area contributed by atoms with E-state index in [1.165, 1.54) is 0 Å². The van der Waals surface area contributed by atoms with Crippen molar-refractivity contribution in [3.8, 4) is 0 Å². The molecule has 4 heteroatoms. The molecule has 0 saturated heterocycles. The summed E-state index contributed by atoms with van der Waals surface area (Å²) < 4.78 is 6.02. The zero-order valence-corrected chi connectivity index (χ0v) is 11.2. The first-order chi connectivity index (χ1) is 7.38. The van der Waals surface area contributed by atoms with Gasteiger partial charge in [-0.1, -0.05) is 34.1 Å². The molecule has 16 heavy (non-hydrogen) atoms. The van der Waals surface area contributed by atoms with E-state index in [-0.39, 0.29) is 0 Å². The quantitative estimate of drug-likeness (QED) is 0.903. The Balaban J connectivity index is 2.47. The molecule has 1 amide bonds. The Bertz CT molecular complexity index is 372. The van der Waals surface area contributed by atoms with Gasteiger partial charge in [-0.05, 0) is 32.4 Å². The summed E-state index contributed by atoms with van der Waals surface area (Å²) in [4.78, 5) is 11.4. The van der Waals surface area contributed by atoms with Gasteiger partial charge in [0.1, 0.15) is 5.60 Å². The summed E-state index contributed by atoms with van der Waals surface area (Å²) in [5.74, 6) is 0. The van der Waals surface area contributed by atoms with E-state index in [4.69, 9.17) is 4.74 Å². The number of halogens is 1. The third-order valence-corrected chi connectivity index (χ3v) is 2.37. The predicted molar refractivity (Wildman–Crippen MR) is 66.9 cm³/mol. The maximum Gasteiger partial charge on any atom is 0.408 e. The van der Waals surface area contributed by atoms with Gasteiger partial charge in [-0.2, -0.15) is 0 Å². The van der Waals surface area contributed by atoms with Gasteiger partial charge >= 0.3 is 6.09 Å². The molecule has 0 atom stereocenters. The van der Waals surface area contributed by atoms with Gasteiger partial charge in [0.25, 0.3) is 0 Å². The largest absolute Gasteiger partial charge is 0.444 e. The normalized spacial score (nSPS) is 11.0. The number of ether oxygens (including phenoxy) is 1. The molecule has 3 nitrogen and oxygen atoms in total. The summed E-state index contributed by atoms with van der Waals surface area (Å²) in [6.07, 6.45) is -0.455. The van der Waals surface area contributed by atoms with Crippen molar-refractivity contribution in [3.63, 3.8) is 0 Å². The molecule has 1 rings (SSSR count). The number of amides is 1. The van der Waals surface area contributed by atoms with Crippen LogP contribution in [-0.4, -0.2) is 11.7 Å². The average Bonchev–Trinajstić information content (AvgIpc) is 2.14. The van der Waals surface area contributed by atoms with Crippen LogP contribution in [0.3, 0.4) is 0 Å². The lowest BCUT2D eigenvalue weighted by Crippen LogP contribution is -2.31. The second-order valence-electron chi connectivity index (χ2n) is 4.31. The number of hydrogen-bond donors (Lipinski definition) is 1. The van der Waals surface area contributed by atoms with Crippen LogP contribution in [0.1, 0.15) is 26.3 Å². The van der Waals surface area contributed by atoms with Gasteiger partial charge in [-0.3, -0.25) is 0 Å². The fourth-order valence-corrected chi connectivity index (χ4v) is 1.44. The Morgan fingerprint density at radius 3 is 2.56 bits per heavy atom. The van der Waals surface area contributed by atoms with Crippen molar-refractivity contribution in [3.05, 3.63) is 40.8 Å². The van der Waals surface area contributed by atoms with Crippen LogP contribution in [0.25, 0.3) is 0 Å². The van der Waals surface area contributed by atoms with Crippen LogP contribution in [0.4, 0.5) is 4.79 Å². The topological polar surface area (TPSA) is 38.3 Å². The summed E-state index contributed by atoms with van der Waals surface area (Å²) in [5, 5.41) is 2.58. The first-order valence-electron chi connectivity index (χ1n) is 4.96. The maximum absolute atomic E-state index is 11.4. The van der Waals surface area contributed by atoms with Crippen LogP contribution in [-0.2, 0) is 4.74 Å². The molecule has 0 aromatic heterocycles. The number of alkyl carbamates (subject to hydrolysis) is 1. The van der Waals surface area contributed by atoms with Gasteiger partial charge in [0.2, 0.25) is 0 Å². The summed E-state index contributed by atoms with van der Waals surface area (Å²) in [5.41, 5.74) is 0.416. The van der Waals surface area contributed by atoms with E-state index >= 15 is 0 Å². The molecule has 0 aliphatic heterocycles. The van der Waals surface area contributed by atoms with Crippen molar-refractivity contribution < 1.29 is 9.53 Å². The van der Waals surface area contributed by atoms with Gasteiger partial charge in [0.05, 0.1) is 6.54 Å². The van der Waals surface area contributed by atoms with E-state index in [0.717, 1.165) is 10.0 Å². The molecule has 0 unspecified atom stereocenters. The van der Waals surface area contributed by atoms with E-state index in [1.54, 1.807) is 6.54 Å². The zero-order chi connectivity index (χ0) is 12.2. The Morgan fingerprint density at radius 1 is 1.38 bits per heavy atom.